The molecule has 1 amide bonds. The number of hydrogen-bond acceptors (Lipinski definition) is 5. The Morgan fingerprint density at radius 2 is 1.83 bits per heavy atom. The summed E-state index contributed by atoms with van der Waals surface area (Å²) in [5.41, 5.74) is 2.35. The Kier molecular flexibility index (Phi) is 5.19. The Balaban J connectivity index is 1.63. The van der Waals surface area contributed by atoms with E-state index in [1.165, 1.54) is 0 Å². The number of nitrogens with zero attached hydrogens (tertiary/aromatic N) is 1. The molecule has 0 atom stereocenters. The number of hydrogen-bond donors (Lipinski definition) is 0. The molecule has 158 valence electrons. The summed E-state index contributed by atoms with van der Waals surface area (Å²) in [6, 6.07) is 8.64. The summed E-state index contributed by atoms with van der Waals surface area (Å²) in [5, 5.41) is 2.66. The predicted octanol–water partition coefficient (Wildman–Crippen LogP) is 5.68. The van der Waals surface area contributed by atoms with Crippen molar-refractivity contribution in [2.45, 2.75) is 62.0 Å². The summed E-state index contributed by atoms with van der Waals surface area (Å²) in [4.78, 5) is 13.5. The zero-order valence-corrected chi connectivity index (χ0v) is 18.4. The number of sulfonamides is 1. The zero-order valence-electron chi connectivity index (χ0n) is 16.8. The van der Waals surface area contributed by atoms with Crippen LogP contribution in [0.15, 0.2) is 44.3 Å². The molecule has 30 heavy (non-hydrogen) atoms. The average Bonchev–Trinajstić information content (AvgIpc) is 3.43. The fourth-order valence-corrected chi connectivity index (χ4v) is 7.31. The van der Waals surface area contributed by atoms with Gasteiger partial charge in [-0.2, -0.15) is 8.42 Å². The zero-order chi connectivity index (χ0) is 20.7. The van der Waals surface area contributed by atoms with Crippen LogP contribution in [-0.2, 0) is 27.7 Å². The number of carbonyl (C=O) groups is 1. The maximum Gasteiger partial charge on any atom is 0.280 e. The van der Waals surface area contributed by atoms with E-state index in [1.54, 1.807) is 23.6 Å². The highest BCUT2D eigenvalue weighted by Crippen LogP contribution is 2.37. The summed E-state index contributed by atoms with van der Waals surface area (Å²) >= 11 is 1.14. The van der Waals surface area contributed by atoms with Gasteiger partial charge in [-0.3, -0.25) is 4.79 Å². The topological polar surface area (TPSA) is 67.6 Å². The van der Waals surface area contributed by atoms with E-state index in [0.717, 1.165) is 95.7 Å². The van der Waals surface area contributed by atoms with Crippen LogP contribution in [0.2, 0.25) is 0 Å². The fraction of sp³-hybridized carbons (Fsp3) is 0.435. The second-order valence-electron chi connectivity index (χ2n) is 8.27. The monoisotopic (exact) mass is 443 g/mol. The van der Waals surface area contributed by atoms with Crippen LogP contribution in [0, 0.1) is 5.92 Å². The van der Waals surface area contributed by atoms with Crippen LogP contribution in [0.3, 0.4) is 0 Å². The van der Waals surface area contributed by atoms with Crippen molar-refractivity contribution in [3.8, 4) is 0 Å². The van der Waals surface area contributed by atoms with E-state index in [0.29, 0.717) is 5.69 Å². The molecule has 2 aliphatic rings. The Hall–Kier alpha value is -2.12. The molecule has 1 aromatic carbocycles. The maximum atomic E-state index is 13.5. The first-order valence-corrected chi connectivity index (χ1v) is 13.0. The first-order chi connectivity index (χ1) is 14.6. The number of amides is 1. The van der Waals surface area contributed by atoms with E-state index < -0.39 is 10.0 Å². The van der Waals surface area contributed by atoms with Crippen LogP contribution in [-0.4, -0.2) is 14.3 Å². The van der Waals surface area contributed by atoms with Crippen molar-refractivity contribution < 1.29 is 17.6 Å². The van der Waals surface area contributed by atoms with Crippen LogP contribution in [0.4, 0.5) is 5.69 Å². The van der Waals surface area contributed by atoms with Crippen molar-refractivity contribution in [1.29, 1.82) is 0 Å². The van der Waals surface area contributed by atoms with Gasteiger partial charge in [0.2, 0.25) is 5.91 Å². The van der Waals surface area contributed by atoms with Gasteiger partial charge in [0.15, 0.2) is 0 Å². The van der Waals surface area contributed by atoms with Crippen molar-refractivity contribution in [3.05, 3.63) is 47.0 Å². The van der Waals surface area contributed by atoms with Gasteiger partial charge < -0.3 is 4.42 Å². The molecular weight excluding hydrogens is 418 g/mol. The van der Waals surface area contributed by atoms with E-state index in [-0.39, 0.29) is 16.0 Å². The first kappa shape index (κ1) is 19.8. The third-order valence-corrected chi connectivity index (χ3v) is 9.42. The minimum absolute atomic E-state index is 0.195. The first-order valence-electron chi connectivity index (χ1n) is 10.7. The summed E-state index contributed by atoms with van der Waals surface area (Å²) < 4.78 is 34.3. The Morgan fingerprint density at radius 1 is 1.03 bits per heavy atom. The average molecular weight is 444 g/mol. The lowest BCUT2D eigenvalue weighted by Gasteiger charge is -2.28. The molecule has 0 saturated heterocycles. The predicted molar refractivity (Wildman–Crippen MR) is 118 cm³/mol. The van der Waals surface area contributed by atoms with Crippen LogP contribution in [0.5, 0.6) is 0 Å². The summed E-state index contributed by atoms with van der Waals surface area (Å²) in [7, 11) is -3.96. The lowest BCUT2D eigenvalue weighted by Crippen LogP contribution is -2.41. The van der Waals surface area contributed by atoms with Gasteiger partial charge in [-0.1, -0.05) is 25.3 Å². The number of benzene rings is 1. The molecule has 2 heterocycles. The lowest BCUT2D eigenvalue weighted by molar-refractivity contribution is -0.122. The van der Waals surface area contributed by atoms with Crippen LogP contribution in [0.1, 0.15) is 56.3 Å². The smallest absolute Gasteiger partial charge is 0.280 e. The van der Waals surface area contributed by atoms with Gasteiger partial charge in [0.1, 0.15) is 15.6 Å². The molecule has 2 aliphatic carbocycles. The molecule has 2 aromatic heterocycles. The van der Waals surface area contributed by atoms with Gasteiger partial charge in [0.05, 0.1) is 5.69 Å². The van der Waals surface area contributed by atoms with Gasteiger partial charge in [-0.15, -0.1) is 11.3 Å². The van der Waals surface area contributed by atoms with E-state index in [4.69, 9.17) is 4.42 Å². The fourth-order valence-electron chi connectivity index (χ4n) is 4.78. The number of fused-ring (bicyclic) bond motifs is 3. The number of carbonyl (C=O) groups excluding carboxylic acids is 1. The molecule has 1 fully saturated rings. The number of aryl methyl sites for hydroxylation is 2. The van der Waals surface area contributed by atoms with Crippen molar-refractivity contribution in [2.24, 2.45) is 5.92 Å². The number of furan rings is 1. The molecule has 0 spiro atoms. The molecule has 5 rings (SSSR count). The molecule has 0 bridgehead atoms. The van der Waals surface area contributed by atoms with E-state index in [2.05, 4.69) is 0 Å². The van der Waals surface area contributed by atoms with Gasteiger partial charge in [0, 0.05) is 23.3 Å². The molecule has 1 saturated carbocycles. The molecule has 3 aromatic rings. The maximum absolute atomic E-state index is 13.5. The minimum atomic E-state index is -3.96. The second kappa shape index (κ2) is 7.85. The van der Waals surface area contributed by atoms with E-state index >= 15 is 0 Å². The Morgan fingerprint density at radius 3 is 2.60 bits per heavy atom. The molecule has 7 heteroatoms. The molecule has 0 radical (unpaired) electrons. The standard InChI is InChI=1S/C23H25NO4S2/c25-23(16-7-2-1-3-8-16)24(30(26,27)22-11-6-14-29-22)17-12-13-21-19(15-17)18-9-4-5-10-20(18)28-21/h6,11-16H,1-5,7-10H2. The van der Waals surface area contributed by atoms with Crippen molar-refractivity contribution in [2.75, 3.05) is 4.31 Å². The highest BCUT2D eigenvalue weighted by Gasteiger charge is 2.36. The van der Waals surface area contributed by atoms with Crippen molar-refractivity contribution in [1.82, 2.24) is 0 Å². The number of anilines is 1. The van der Waals surface area contributed by atoms with Crippen molar-refractivity contribution >= 4 is 43.9 Å². The molecule has 0 aliphatic heterocycles. The van der Waals surface area contributed by atoms with Gasteiger partial charge in [-0.25, -0.2) is 4.31 Å². The van der Waals surface area contributed by atoms with Crippen LogP contribution >= 0.6 is 11.3 Å². The van der Waals surface area contributed by atoms with Gasteiger partial charge >= 0.3 is 0 Å². The van der Waals surface area contributed by atoms with E-state index in [1.807, 2.05) is 12.1 Å². The summed E-state index contributed by atoms with van der Waals surface area (Å²) in [5.74, 6) is 0.446. The largest absolute Gasteiger partial charge is 0.461 e. The quantitative estimate of drug-likeness (QED) is 0.521. The third kappa shape index (κ3) is 3.38. The van der Waals surface area contributed by atoms with E-state index in [9.17, 15) is 13.2 Å². The number of thiophene rings is 1. The Bertz CT molecular complexity index is 1170. The van der Waals surface area contributed by atoms with Crippen molar-refractivity contribution in [3.63, 3.8) is 0 Å². The highest BCUT2D eigenvalue weighted by atomic mass is 32.2. The third-order valence-electron chi connectivity index (χ3n) is 6.32. The lowest BCUT2D eigenvalue weighted by atomic mass is 9.88. The van der Waals surface area contributed by atoms with Crippen LogP contribution in [0.25, 0.3) is 11.0 Å². The van der Waals surface area contributed by atoms with Gasteiger partial charge in [0.25, 0.3) is 10.0 Å². The van der Waals surface area contributed by atoms with Crippen LogP contribution < -0.4 is 4.31 Å². The molecule has 0 N–H and O–H groups in total. The SMILES string of the molecule is O=C(C1CCCCC1)N(c1ccc2oc3c(c2c1)CCCC3)S(=O)(=O)c1cccs1. The normalized spacial score (nSPS) is 17.7. The molecule has 5 nitrogen and oxygen atoms in total. The molecule has 0 unspecified atom stereocenters. The minimum Gasteiger partial charge on any atom is -0.461 e. The Labute approximate surface area is 180 Å². The highest BCUT2D eigenvalue weighted by molar-refractivity contribution is 7.95. The second-order valence-corrected chi connectivity index (χ2v) is 11.2. The van der Waals surface area contributed by atoms with Gasteiger partial charge in [-0.05, 0) is 61.7 Å². The molecular formula is C23H25NO4S2. The summed E-state index contributed by atoms with van der Waals surface area (Å²) in [6.07, 6.45) is 8.60. The summed E-state index contributed by atoms with van der Waals surface area (Å²) in [6.45, 7) is 0. The number of rotatable bonds is 4.